The minimum Gasteiger partial charge on any atom is -0.493 e. The van der Waals surface area contributed by atoms with E-state index in [0.29, 0.717) is 56.0 Å². The first-order chi connectivity index (χ1) is 16.3. The summed E-state index contributed by atoms with van der Waals surface area (Å²) in [4.78, 5) is 0.228. The van der Waals surface area contributed by atoms with Gasteiger partial charge in [-0.15, -0.1) is 0 Å². The Kier molecular flexibility index (Phi) is 9.22. The second-order valence-corrected chi connectivity index (χ2v) is 10.3. The van der Waals surface area contributed by atoms with Crippen LogP contribution >= 0.6 is 12.2 Å². The van der Waals surface area contributed by atoms with Gasteiger partial charge in [0.1, 0.15) is 0 Å². The molecule has 1 aliphatic rings. The van der Waals surface area contributed by atoms with Crippen LogP contribution in [0.1, 0.15) is 19.4 Å². The highest BCUT2D eigenvalue weighted by Crippen LogP contribution is 2.28. The number of hydrogen-bond donors (Lipinski definition) is 2. The van der Waals surface area contributed by atoms with Gasteiger partial charge in [0.05, 0.1) is 38.0 Å². The van der Waals surface area contributed by atoms with Crippen LogP contribution in [-0.4, -0.2) is 64.1 Å². The van der Waals surface area contributed by atoms with Crippen LogP contribution in [0.15, 0.2) is 52.5 Å². The van der Waals surface area contributed by atoms with E-state index in [1.807, 2.05) is 18.2 Å². The van der Waals surface area contributed by atoms with Crippen molar-refractivity contribution in [3.63, 3.8) is 0 Å². The second-order valence-electron chi connectivity index (χ2n) is 7.98. The van der Waals surface area contributed by atoms with Crippen molar-refractivity contribution in [1.82, 2.24) is 9.73 Å². The van der Waals surface area contributed by atoms with Crippen molar-refractivity contribution >= 4 is 39.3 Å². The summed E-state index contributed by atoms with van der Waals surface area (Å²) >= 11 is 5.27. The summed E-state index contributed by atoms with van der Waals surface area (Å²) in [5, 5.41) is 7.39. The number of anilines is 1. The smallest absolute Gasteiger partial charge is 0.243 e. The molecule has 1 heterocycles. The Labute approximate surface area is 206 Å². The Morgan fingerprint density at radius 2 is 1.88 bits per heavy atom. The van der Waals surface area contributed by atoms with E-state index in [9.17, 15) is 8.42 Å². The Morgan fingerprint density at radius 3 is 2.53 bits per heavy atom. The van der Waals surface area contributed by atoms with Crippen molar-refractivity contribution in [3.05, 3.63) is 48.0 Å². The molecule has 0 amide bonds. The summed E-state index contributed by atoms with van der Waals surface area (Å²) in [5.74, 6) is 1.71. The van der Waals surface area contributed by atoms with Gasteiger partial charge in [-0.25, -0.2) is 8.42 Å². The van der Waals surface area contributed by atoms with E-state index in [1.165, 1.54) is 4.31 Å². The molecule has 184 valence electrons. The van der Waals surface area contributed by atoms with Crippen LogP contribution < -0.4 is 20.2 Å². The largest absolute Gasteiger partial charge is 0.493 e. The third-order valence-electron chi connectivity index (χ3n) is 4.86. The standard InChI is InChI=1S/C23H30N4O5S2/c1-17(2)16-32-21-9-4-18(14-22(21)30-3)15-24-26-23(33)25-19-5-7-20(8-6-19)34(28,29)27-10-12-31-13-11-27/h4-9,14-15,17H,10-13,16H2,1-3H3,(H2,25,26,33)/b24-15-. The number of hydrazone groups is 1. The van der Waals surface area contributed by atoms with Crippen molar-refractivity contribution in [2.75, 3.05) is 45.3 Å². The summed E-state index contributed by atoms with van der Waals surface area (Å²) in [7, 11) is -1.94. The zero-order chi connectivity index (χ0) is 24.6. The summed E-state index contributed by atoms with van der Waals surface area (Å²) in [6.07, 6.45) is 1.61. The molecule has 2 aromatic carbocycles. The average Bonchev–Trinajstić information content (AvgIpc) is 2.84. The number of morpholine rings is 1. The fourth-order valence-corrected chi connectivity index (χ4v) is 4.69. The normalized spacial score (nSPS) is 14.8. The SMILES string of the molecule is COc1cc(/C=N\NC(=S)Nc2ccc(S(=O)(=O)N3CCOCC3)cc2)ccc1OCC(C)C. The maximum absolute atomic E-state index is 12.7. The number of sulfonamides is 1. The fraction of sp³-hybridized carbons (Fsp3) is 0.391. The molecule has 0 aliphatic carbocycles. The molecule has 0 aromatic heterocycles. The molecule has 0 bridgehead atoms. The Bertz CT molecular complexity index is 1100. The molecule has 11 heteroatoms. The molecule has 0 atom stereocenters. The molecule has 2 N–H and O–H groups in total. The summed E-state index contributed by atoms with van der Waals surface area (Å²) < 4.78 is 43.2. The van der Waals surface area contributed by atoms with Gasteiger partial charge in [-0.05, 0) is 66.2 Å². The zero-order valence-electron chi connectivity index (χ0n) is 19.5. The van der Waals surface area contributed by atoms with Crippen LogP contribution in [0.5, 0.6) is 11.5 Å². The molecule has 1 saturated heterocycles. The van der Waals surface area contributed by atoms with E-state index in [1.54, 1.807) is 37.6 Å². The molecule has 3 rings (SSSR count). The van der Waals surface area contributed by atoms with Crippen LogP contribution in [0.3, 0.4) is 0 Å². The monoisotopic (exact) mass is 506 g/mol. The first-order valence-corrected chi connectivity index (χ1v) is 12.7. The van der Waals surface area contributed by atoms with Crippen LogP contribution in [0.2, 0.25) is 0 Å². The van der Waals surface area contributed by atoms with E-state index in [2.05, 4.69) is 29.7 Å². The topological polar surface area (TPSA) is 101 Å². The summed E-state index contributed by atoms with van der Waals surface area (Å²) in [6, 6.07) is 11.9. The fourth-order valence-electron chi connectivity index (χ4n) is 3.11. The summed E-state index contributed by atoms with van der Waals surface area (Å²) in [5.41, 5.74) is 4.19. The maximum atomic E-state index is 12.7. The van der Waals surface area contributed by atoms with Crippen LogP contribution in [0, 0.1) is 5.92 Å². The number of benzene rings is 2. The zero-order valence-corrected chi connectivity index (χ0v) is 21.1. The van der Waals surface area contributed by atoms with Gasteiger partial charge < -0.3 is 19.5 Å². The van der Waals surface area contributed by atoms with Crippen molar-refractivity contribution in [3.8, 4) is 11.5 Å². The van der Waals surface area contributed by atoms with Gasteiger partial charge in [0, 0.05) is 18.8 Å². The predicted octanol–water partition coefficient (Wildman–Crippen LogP) is 3.07. The van der Waals surface area contributed by atoms with Gasteiger partial charge in [-0.1, -0.05) is 13.8 Å². The van der Waals surface area contributed by atoms with Crippen LogP contribution in [0.25, 0.3) is 0 Å². The minimum absolute atomic E-state index is 0.228. The highest BCUT2D eigenvalue weighted by molar-refractivity contribution is 7.89. The molecule has 0 radical (unpaired) electrons. The quantitative estimate of drug-likeness (QED) is 0.304. The predicted molar refractivity (Wildman–Crippen MR) is 136 cm³/mol. The van der Waals surface area contributed by atoms with E-state index >= 15 is 0 Å². The molecule has 1 fully saturated rings. The third-order valence-corrected chi connectivity index (χ3v) is 6.97. The van der Waals surface area contributed by atoms with Crippen LogP contribution in [-0.2, 0) is 14.8 Å². The van der Waals surface area contributed by atoms with Gasteiger partial charge in [-0.2, -0.15) is 9.41 Å². The minimum atomic E-state index is -3.53. The summed E-state index contributed by atoms with van der Waals surface area (Å²) in [6.45, 7) is 6.28. The first-order valence-electron chi connectivity index (χ1n) is 10.9. The number of rotatable bonds is 9. The lowest BCUT2D eigenvalue weighted by molar-refractivity contribution is 0.0730. The number of nitrogens with zero attached hydrogens (tertiary/aromatic N) is 2. The molecule has 9 nitrogen and oxygen atoms in total. The van der Waals surface area contributed by atoms with Crippen molar-refractivity contribution in [2.24, 2.45) is 11.0 Å². The second kappa shape index (κ2) is 12.1. The number of nitrogens with one attached hydrogen (secondary N) is 2. The molecule has 0 saturated carbocycles. The molecular formula is C23H30N4O5S2. The molecule has 2 aromatic rings. The maximum Gasteiger partial charge on any atom is 0.243 e. The van der Waals surface area contributed by atoms with Crippen molar-refractivity contribution < 1.29 is 22.6 Å². The van der Waals surface area contributed by atoms with Gasteiger partial charge in [-0.3, -0.25) is 5.43 Å². The van der Waals surface area contributed by atoms with Gasteiger partial charge in [0.25, 0.3) is 0 Å². The van der Waals surface area contributed by atoms with E-state index in [0.717, 1.165) is 5.56 Å². The third kappa shape index (κ3) is 7.13. The van der Waals surface area contributed by atoms with Crippen molar-refractivity contribution in [2.45, 2.75) is 18.7 Å². The Balaban J connectivity index is 1.54. The van der Waals surface area contributed by atoms with E-state index in [4.69, 9.17) is 26.4 Å². The van der Waals surface area contributed by atoms with Gasteiger partial charge >= 0.3 is 0 Å². The number of methoxy groups -OCH3 is 1. The number of hydrogen-bond acceptors (Lipinski definition) is 7. The van der Waals surface area contributed by atoms with Crippen LogP contribution in [0.4, 0.5) is 5.69 Å². The average molecular weight is 507 g/mol. The molecule has 34 heavy (non-hydrogen) atoms. The number of ether oxygens (including phenoxy) is 3. The van der Waals surface area contributed by atoms with Crippen molar-refractivity contribution in [1.29, 1.82) is 0 Å². The van der Waals surface area contributed by atoms with Gasteiger partial charge in [0.2, 0.25) is 10.0 Å². The lowest BCUT2D eigenvalue weighted by Gasteiger charge is -2.26. The first kappa shape index (κ1) is 25.9. The molecule has 0 spiro atoms. The molecular weight excluding hydrogens is 476 g/mol. The highest BCUT2D eigenvalue weighted by atomic mass is 32.2. The Hall–Kier alpha value is -2.73. The highest BCUT2D eigenvalue weighted by Gasteiger charge is 2.26. The lowest BCUT2D eigenvalue weighted by atomic mass is 10.2. The number of thiocarbonyl (C=S) groups is 1. The molecule has 1 aliphatic heterocycles. The lowest BCUT2D eigenvalue weighted by Crippen LogP contribution is -2.40. The van der Waals surface area contributed by atoms with Gasteiger partial charge in [0.15, 0.2) is 16.6 Å². The Morgan fingerprint density at radius 1 is 1.18 bits per heavy atom. The van der Waals surface area contributed by atoms with E-state index < -0.39 is 10.0 Å². The molecule has 0 unspecified atom stereocenters. The van der Waals surface area contributed by atoms with E-state index in [-0.39, 0.29) is 10.0 Å².